The third-order valence-electron chi connectivity index (χ3n) is 2.84. The van der Waals surface area contributed by atoms with Crippen LogP contribution in [0.3, 0.4) is 0 Å². The third-order valence-corrected chi connectivity index (χ3v) is 3.17. The van der Waals surface area contributed by atoms with E-state index >= 15 is 0 Å². The highest BCUT2D eigenvalue weighted by atomic mass is 32.1. The lowest BCUT2D eigenvalue weighted by molar-refractivity contribution is 0.171. The molecule has 1 N–H and O–H groups in total. The molecule has 1 aliphatic rings. The molecule has 0 saturated carbocycles. The maximum absolute atomic E-state index is 5.54. The number of anilines is 1. The topological polar surface area (TPSA) is 30.5 Å². The van der Waals surface area contributed by atoms with Crippen LogP contribution in [0.25, 0.3) is 0 Å². The number of benzene rings is 2. The zero-order chi connectivity index (χ0) is 13.1. The fourth-order valence-electron chi connectivity index (χ4n) is 1.91. The van der Waals surface area contributed by atoms with Gasteiger partial charge in [0.05, 0.1) is 0 Å². The SMILES string of the molecule is S=C(Nc1ccc2c(c1)OCCO2)c1ccccc1. The number of hydrogen-bond donors (Lipinski definition) is 1. The van der Waals surface area contributed by atoms with E-state index in [1.807, 2.05) is 48.5 Å². The van der Waals surface area contributed by atoms with Crippen LogP contribution in [0, 0.1) is 0 Å². The van der Waals surface area contributed by atoms with Crippen molar-refractivity contribution in [2.75, 3.05) is 18.5 Å². The number of thiocarbonyl (C=S) groups is 1. The van der Waals surface area contributed by atoms with E-state index in [2.05, 4.69) is 5.32 Å². The van der Waals surface area contributed by atoms with E-state index in [1.165, 1.54) is 0 Å². The van der Waals surface area contributed by atoms with Gasteiger partial charge in [0.25, 0.3) is 0 Å². The van der Waals surface area contributed by atoms with Crippen LogP contribution < -0.4 is 14.8 Å². The molecule has 0 atom stereocenters. The van der Waals surface area contributed by atoms with Crippen LogP contribution in [0.4, 0.5) is 5.69 Å². The van der Waals surface area contributed by atoms with Crippen LogP contribution >= 0.6 is 12.2 Å². The highest BCUT2D eigenvalue weighted by Gasteiger charge is 2.12. The lowest BCUT2D eigenvalue weighted by atomic mass is 10.2. The van der Waals surface area contributed by atoms with Crippen molar-refractivity contribution in [1.82, 2.24) is 0 Å². The summed E-state index contributed by atoms with van der Waals surface area (Å²) in [6.07, 6.45) is 0. The largest absolute Gasteiger partial charge is 0.486 e. The summed E-state index contributed by atoms with van der Waals surface area (Å²) in [5.74, 6) is 1.54. The van der Waals surface area contributed by atoms with Crippen LogP contribution in [0.1, 0.15) is 5.56 Å². The molecule has 19 heavy (non-hydrogen) atoms. The molecular weight excluding hydrogens is 258 g/mol. The molecule has 0 spiro atoms. The summed E-state index contributed by atoms with van der Waals surface area (Å²) in [5, 5.41) is 3.20. The first-order valence-electron chi connectivity index (χ1n) is 6.09. The Balaban J connectivity index is 1.78. The van der Waals surface area contributed by atoms with Crippen LogP contribution in [0.5, 0.6) is 11.5 Å². The normalized spacial score (nSPS) is 12.8. The molecule has 4 heteroatoms. The molecule has 2 aromatic rings. The van der Waals surface area contributed by atoms with Gasteiger partial charge < -0.3 is 14.8 Å². The lowest BCUT2D eigenvalue weighted by Crippen LogP contribution is -2.16. The maximum atomic E-state index is 5.54. The van der Waals surface area contributed by atoms with Gasteiger partial charge in [-0.25, -0.2) is 0 Å². The maximum Gasteiger partial charge on any atom is 0.163 e. The van der Waals surface area contributed by atoms with Crippen molar-refractivity contribution in [2.45, 2.75) is 0 Å². The Morgan fingerprint density at radius 2 is 1.68 bits per heavy atom. The van der Waals surface area contributed by atoms with E-state index in [0.717, 1.165) is 22.7 Å². The zero-order valence-electron chi connectivity index (χ0n) is 10.3. The van der Waals surface area contributed by atoms with E-state index in [1.54, 1.807) is 0 Å². The predicted molar refractivity (Wildman–Crippen MR) is 79.2 cm³/mol. The average molecular weight is 271 g/mol. The van der Waals surface area contributed by atoms with Gasteiger partial charge in [0.2, 0.25) is 0 Å². The summed E-state index contributed by atoms with van der Waals surface area (Å²) >= 11 is 5.37. The van der Waals surface area contributed by atoms with E-state index < -0.39 is 0 Å². The van der Waals surface area contributed by atoms with Gasteiger partial charge in [-0.1, -0.05) is 42.5 Å². The molecule has 0 fully saturated rings. The van der Waals surface area contributed by atoms with E-state index in [0.29, 0.717) is 18.2 Å². The van der Waals surface area contributed by atoms with Crippen molar-refractivity contribution in [3.8, 4) is 11.5 Å². The molecule has 1 heterocycles. The van der Waals surface area contributed by atoms with Crippen molar-refractivity contribution < 1.29 is 9.47 Å². The van der Waals surface area contributed by atoms with Crippen LogP contribution in [-0.4, -0.2) is 18.2 Å². The van der Waals surface area contributed by atoms with E-state index in [9.17, 15) is 0 Å². The Hall–Kier alpha value is -2.07. The number of ether oxygens (including phenoxy) is 2. The molecule has 0 aliphatic carbocycles. The molecule has 0 saturated heterocycles. The van der Waals surface area contributed by atoms with E-state index in [-0.39, 0.29) is 0 Å². The van der Waals surface area contributed by atoms with Crippen LogP contribution in [0.15, 0.2) is 48.5 Å². The quantitative estimate of drug-likeness (QED) is 0.849. The first-order chi connectivity index (χ1) is 9.33. The number of rotatable bonds is 2. The average Bonchev–Trinajstić information content (AvgIpc) is 2.48. The monoisotopic (exact) mass is 271 g/mol. The highest BCUT2D eigenvalue weighted by Crippen LogP contribution is 2.32. The van der Waals surface area contributed by atoms with Crippen molar-refractivity contribution in [1.29, 1.82) is 0 Å². The first kappa shape index (κ1) is 12.0. The van der Waals surface area contributed by atoms with Crippen molar-refractivity contribution in [2.24, 2.45) is 0 Å². The zero-order valence-corrected chi connectivity index (χ0v) is 11.1. The standard InChI is InChI=1S/C15H13NO2S/c19-15(11-4-2-1-3-5-11)16-12-6-7-13-14(10-12)18-9-8-17-13/h1-7,10H,8-9H2,(H,16,19). The Morgan fingerprint density at radius 1 is 0.947 bits per heavy atom. The van der Waals surface area contributed by atoms with Gasteiger partial charge >= 0.3 is 0 Å². The van der Waals surface area contributed by atoms with Gasteiger partial charge in [-0.05, 0) is 12.1 Å². The molecular formula is C15H13NO2S. The van der Waals surface area contributed by atoms with Gasteiger partial charge in [-0.2, -0.15) is 0 Å². The predicted octanol–water partition coefficient (Wildman–Crippen LogP) is 3.25. The van der Waals surface area contributed by atoms with Gasteiger partial charge in [0.15, 0.2) is 11.5 Å². The molecule has 0 amide bonds. The summed E-state index contributed by atoms with van der Waals surface area (Å²) < 4.78 is 11.0. The van der Waals surface area contributed by atoms with Crippen molar-refractivity contribution in [3.63, 3.8) is 0 Å². The number of nitrogens with one attached hydrogen (secondary N) is 1. The molecule has 3 nitrogen and oxygen atoms in total. The molecule has 3 rings (SSSR count). The minimum Gasteiger partial charge on any atom is -0.486 e. The highest BCUT2D eigenvalue weighted by molar-refractivity contribution is 7.81. The fraction of sp³-hybridized carbons (Fsp3) is 0.133. The number of hydrogen-bond acceptors (Lipinski definition) is 3. The van der Waals surface area contributed by atoms with Crippen molar-refractivity contribution in [3.05, 3.63) is 54.1 Å². The molecule has 2 aromatic carbocycles. The summed E-state index contributed by atoms with van der Waals surface area (Å²) in [5.41, 5.74) is 1.89. The molecule has 0 radical (unpaired) electrons. The Labute approximate surface area is 117 Å². The summed E-state index contributed by atoms with van der Waals surface area (Å²) in [6, 6.07) is 15.6. The minimum absolute atomic E-state index is 0.583. The Morgan fingerprint density at radius 3 is 2.47 bits per heavy atom. The van der Waals surface area contributed by atoms with Crippen LogP contribution in [-0.2, 0) is 0 Å². The van der Waals surface area contributed by atoms with Crippen LogP contribution in [0.2, 0.25) is 0 Å². The minimum atomic E-state index is 0.583. The molecule has 0 bridgehead atoms. The molecule has 96 valence electrons. The Bertz CT molecular complexity index is 598. The number of fused-ring (bicyclic) bond motifs is 1. The second-order valence-electron chi connectivity index (χ2n) is 4.18. The lowest BCUT2D eigenvalue weighted by Gasteiger charge is -2.19. The van der Waals surface area contributed by atoms with Gasteiger partial charge in [0, 0.05) is 17.3 Å². The summed E-state index contributed by atoms with van der Waals surface area (Å²) in [7, 11) is 0. The van der Waals surface area contributed by atoms with Gasteiger partial charge in [-0.15, -0.1) is 0 Å². The smallest absolute Gasteiger partial charge is 0.163 e. The van der Waals surface area contributed by atoms with Gasteiger partial charge in [-0.3, -0.25) is 0 Å². The van der Waals surface area contributed by atoms with Gasteiger partial charge in [0.1, 0.15) is 18.2 Å². The Kier molecular flexibility index (Phi) is 3.33. The second kappa shape index (κ2) is 5.28. The molecule has 1 aliphatic heterocycles. The van der Waals surface area contributed by atoms with E-state index in [4.69, 9.17) is 21.7 Å². The van der Waals surface area contributed by atoms with Crippen molar-refractivity contribution >= 4 is 22.9 Å². The fourth-order valence-corrected chi connectivity index (χ4v) is 2.17. The summed E-state index contributed by atoms with van der Waals surface area (Å²) in [6.45, 7) is 1.18. The molecule has 0 aromatic heterocycles. The molecule has 0 unspecified atom stereocenters. The second-order valence-corrected chi connectivity index (χ2v) is 4.59. The third kappa shape index (κ3) is 2.69. The summed E-state index contributed by atoms with van der Waals surface area (Å²) in [4.78, 5) is 0.692. The first-order valence-corrected chi connectivity index (χ1v) is 6.50.